The van der Waals surface area contributed by atoms with Gasteiger partial charge in [-0.1, -0.05) is 60.2 Å². The second-order valence-corrected chi connectivity index (χ2v) is 9.49. The van der Waals surface area contributed by atoms with Gasteiger partial charge in [-0.3, -0.25) is 0 Å². The van der Waals surface area contributed by atoms with Gasteiger partial charge in [-0.25, -0.2) is 4.85 Å². The maximum Gasteiger partial charge on any atom is 0.195 e. The van der Waals surface area contributed by atoms with Crippen LogP contribution in [0.25, 0.3) is 39.4 Å². The molecule has 36 heavy (non-hydrogen) atoms. The first kappa shape index (κ1) is 26.5. The van der Waals surface area contributed by atoms with Crippen LogP contribution in [0.4, 0.5) is 0 Å². The number of nitriles is 1. The highest BCUT2D eigenvalue weighted by Crippen LogP contribution is 2.34. The Bertz CT molecular complexity index is 1510. The number of rotatable bonds is 5. The van der Waals surface area contributed by atoms with Crippen LogP contribution in [0.5, 0.6) is 0 Å². The number of hydrogen-bond donors (Lipinski definition) is 0. The zero-order valence-corrected chi connectivity index (χ0v) is 22.7. The summed E-state index contributed by atoms with van der Waals surface area (Å²) in [6.07, 6.45) is 8.05. The Morgan fingerprint density at radius 3 is 1.78 bits per heavy atom. The van der Waals surface area contributed by atoms with Crippen LogP contribution in [0.15, 0.2) is 48.6 Å². The molecule has 0 bridgehead atoms. The van der Waals surface area contributed by atoms with Gasteiger partial charge in [0, 0.05) is 0 Å². The van der Waals surface area contributed by atoms with E-state index >= 15 is 0 Å². The van der Waals surface area contributed by atoms with Gasteiger partial charge < -0.3 is 0 Å². The van der Waals surface area contributed by atoms with Crippen LogP contribution >= 0.6 is 0 Å². The molecule has 0 aliphatic rings. The molecule has 0 amide bonds. The SMILES string of the molecule is [C-]#[N+]/C(=C\c1cc(C)c(-c2cc(C)c(/C=C/C)cc2C)cc1C)c1cc(C)c(/C(C#N)=C/C)cc1C. The van der Waals surface area contributed by atoms with E-state index in [4.69, 9.17) is 6.57 Å². The largest absolute Gasteiger partial charge is 0.238 e. The summed E-state index contributed by atoms with van der Waals surface area (Å²) in [7, 11) is 0. The van der Waals surface area contributed by atoms with Crippen molar-refractivity contribution in [1.29, 1.82) is 5.26 Å². The lowest BCUT2D eigenvalue weighted by molar-refractivity contribution is 1.32. The van der Waals surface area contributed by atoms with Gasteiger partial charge in [0.05, 0.1) is 18.2 Å². The van der Waals surface area contributed by atoms with Crippen LogP contribution in [0, 0.1) is 59.4 Å². The van der Waals surface area contributed by atoms with E-state index in [0.29, 0.717) is 11.3 Å². The van der Waals surface area contributed by atoms with Gasteiger partial charge in [0.2, 0.25) is 0 Å². The van der Waals surface area contributed by atoms with Crippen LogP contribution in [0.2, 0.25) is 0 Å². The van der Waals surface area contributed by atoms with Crippen molar-refractivity contribution in [2.75, 3.05) is 0 Å². The Morgan fingerprint density at radius 2 is 1.25 bits per heavy atom. The summed E-state index contributed by atoms with van der Waals surface area (Å²) in [5, 5.41) is 9.46. The first-order chi connectivity index (χ1) is 17.1. The highest BCUT2D eigenvalue weighted by atomic mass is 14.7. The quantitative estimate of drug-likeness (QED) is 0.207. The fourth-order valence-corrected chi connectivity index (χ4v) is 4.75. The molecular formula is C34H34N2. The lowest BCUT2D eigenvalue weighted by Gasteiger charge is -2.16. The first-order valence-corrected chi connectivity index (χ1v) is 12.3. The van der Waals surface area contributed by atoms with Crippen LogP contribution in [-0.2, 0) is 0 Å². The number of allylic oxidation sites excluding steroid dienone is 3. The van der Waals surface area contributed by atoms with Crippen molar-refractivity contribution in [2.45, 2.75) is 55.4 Å². The highest BCUT2D eigenvalue weighted by Gasteiger charge is 2.14. The molecule has 0 fully saturated rings. The van der Waals surface area contributed by atoms with Gasteiger partial charge in [-0.2, -0.15) is 5.26 Å². The maximum absolute atomic E-state index is 9.46. The summed E-state index contributed by atoms with van der Waals surface area (Å²) >= 11 is 0. The molecule has 0 radical (unpaired) electrons. The Balaban J connectivity index is 2.11. The Labute approximate surface area is 216 Å². The van der Waals surface area contributed by atoms with Crippen molar-refractivity contribution in [3.63, 3.8) is 0 Å². The molecule has 0 saturated heterocycles. The molecule has 0 aliphatic carbocycles. The number of benzene rings is 3. The molecule has 0 unspecified atom stereocenters. The standard InChI is InChI=1S/C34H34N2/c1-10-12-28-13-23(5)31(15-21(28)3)32-16-22(4)29(14-24(32)6)19-34(36-9)33-18-25(7)30(17-26(33)8)27(11-2)20-35/h10-19H,1-8H3/b12-10+,27-11+,34-19-. The molecule has 0 aliphatic heterocycles. The van der Waals surface area contributed by atoms with Gasteiger partial charge in [-0.05, 0) is 123 Å². The topological polar surface area (TPSA) is 28.1 Å². The molecule has 3 aromatic carbocycles. The van der Waals surface area contributed by atoms with E-state index in [2.05, 4.69) is 75.0 Å². The van der Waals surface area contributed by atoms with Crippen molar-refractivity contribution in [3.8, 4) is 17.2 Å². The minimum Gasteiger partial charge on any atom is -0.238 e. The average Bonchev–Trinajstić information content (AvgIpc) is 2.84. The molecule has 0 aromatic heterocycles. The molecule has 2 nitrogen and oxygen atoms in total. The lowest BCUT2D eigenvalue weighted by Crippen LogP contribution is -1.96. The molecule has 0 saturated carbocycles. The van der Waals surface area contributed by atoms with Crippen LogP contribution in [0.1, 0.15) is 69.5 Å². The van der Waals surface area contributed by atoms with E-state index in [0.717, 1.165) is 33.4 Å². The third-order valence-electron chi connectivity index (χ3n) is 6.82. The lowest BCUT2D eigenvalue weighted by atomic mass is 9.89. The number of aryl methyl sites for hydroxylation is 6. The van der Waals surface area contributed by atoms with E-state index in [1.54, 1.807) is 0 Å². The minimum absolute atomic E-state index is 0.610. The third kappa shape index (κ3) is 5.25. The van der Waals surface area contributed by atoms with Crippen molar-refractivity contribution in [1.82, 2.24) is 0 Å². The Morgan fingerprint density at radius 1 is 0.722 bits per heavy atom. The molecule has 0 N–H and O–H groups in total. The van der Waals surface area contributed by atoms with Crippen LogP contribution in [0.3, 0.4) is 0 Å². The summed E-state index contributed by atoms with van der Waals surface area (Å²) in [6, 6.07) is 15.3. The van der Waals surface area contributed by atoms with Gasteiger partial charge in [0.25, 0.3) is 0 Å². The second-order valence-electron chi connectivity index (χ2n) is 9.49. The van der Waals surface area contributed by atoms with Crippen LogP contribution in [-0.4, -0.2) is 0 Å². The summed E-state index contributed by atoms with van der Waals surface area (Å²) in [4.78, 5) is 3.90. The minimum atomic E-state index is 0.610. The van der Waals surface area contributed by atoms with Crippen molar-refractivity contribution in [3.05, 3.63) is 116 Å². The summed E-state index contributed by atoms with van der Waals surface area (Å²) < 4.78 is 0. The van der Waals surface area contributed by atoms with Crippen molar-refractivity contribution >= 4 is 23.4 Å². The maximum atomic E-state index is 9.46. The fraction of sp³-hybridized carbons (Fsp3) is 0.235. The number of hydrogen-bond acceptors (Lipinski definition) is 1. The molecule has 3 rings (SSSR count). The Hall–Kier alpha value is -4.14. The predicted octanol–water partition coefficient (Wildman–Crippen LogP) is 9.58. The molecular weight excluding hydrogens is 436 g/mol. The summed E-state index contributed by atoms with van der Waals surface area (Å²) in [5.41, 5.74) is 14.7. The van der Waals surface area contributed by atoms with Gasteiger partial charge >= 0.3 is 0 Å². The van der Waals surface area contributed by atoms with Gasteiger partial charge in [0.15, 0.2) is 5.70 Å². The van der Waals surface area contributed by atoms with E-state index in [1.165, 1.54) is 33.4 Å². The summed E-state index contributed by atoms with van der Waals surface area (Å²) in [6.45, 7) is 24.4. The van der Waals surface area contributed by atoms with E-state index in [9.17, 15) is 5.26 Å². The predicted molar refractivity (Wildman–Crippen MR) is 155 cm³/mol. The molecule has 0 heterocycles. The molecule has 0 spiro atoms. The zero-order valence-electron chi connectivity index (χ0n) is 22.7. The molecule has 180 valence electrons. The summed E-state index contributed by atoms with van der Waals surface area (Å²) in [5.74, 6) is 0. The third-order valence-corrected chi connectivity index (χ3v) is 6.82. The normalized spacial score (nSPS) is 12.1. The van der Waals surface area contributed by atoms with E-state index in [-0.39, 0.29) is 0 Å². The second kappa shape index (κ2) is 11.1. The van der Waals surface area contributed by atoms with Crippen LogP contribution < -0.4 is 0 Å². The molecule has 0 atom stereocenters. The van der Waals surface area contributed by atoms with Gasteiger partial charge in [0.1, 0.15) is 0 Å². The Kier molecular flexibility index (Phi) is 8.14. The molecule has 2 heteroatoms. The van der Waals surface area contributed by atoms with E-state index in [1.807, 2.05) is 52.0 Å². The van der Waals surface area contributed by atoms with E-state index < -0.39 is 0 Å². The van der Waals surface area contributed by atoms with Crippen molar-refractivity contribution < 1.29 is 0 Å². The molecule has 3 aromatic rings. The van der Waals surface area contributed by atoms with Crippen molar-refractivity contribution in [2.24, 2.45) is 0 Å². The average molecular weight is 471 g/mol. The first-order valence-electron chi connectivity index (χ1n) is 12.3. The fourth-order valence-electron chi connectivity index (χ4n) is 4.75. The number of nitrogens with zero attached hydrogens (tertiary/aromatic N) is 2. The highest BCUT2D eigenvalue weighted by molar-refractivity contribution is 5.90. The zero-order chi connectivity index (χ0) is 26.6. The smallest absolute Gasteiger partial charge is 0.195 e. The monoisotopic (exact) mass is 470 g/mol. The van der Waals surface area contributed by atoms with Gasteiger partial charge in [-0.15, -0.1) is 0 Å².